The molecule has 0 aromatic heterocycles. The van der Waals surface area contributed by atoms with E-state index in [1.807, 2.05) is 0 Å². The molecule has 2 aromatic rings. The number of esters is 1. The summed E-state index contributed by atoms with van der Waals surface area (Å²) in [4.78, 5) is 24.1. The molecule has 0 aliphatic rings. The largest absolute Gasteiger partial charge is 0.469 e. The first-order chi connectivity index (χ1) is 13.2. The van der Waals surface area contributed by atoms with E-state index in [4.69, 9.17) is 23.2 Å². The van der Waals surface area contributed by atoms with Crippen LogP contribution in [-0.2, 0) is 24.2 Å². The summed E-state index contributed by atoms with van der Waals surface area (Å²) in [5.41, 5.74) is 0.545. The Bertz CT molecular complexity index is 945. The summed E-state index contributed by atoms with van der Waals surface area (Å²) in [6.45, 7) is 0. The molecule has 0 radical (unpaired) electrons. The summed E-state index contributed by atoms with van der Waals surface area (Å²) in [6.07, 6.45) is -0.400. The molecule has 28 heavy (non-hydrogen) atoms. The van der Waals surface area contributed by atoms with Gasteiger partial charge in [0.1, 0.15) is 0 Å². The maximum Gasteiger partial charge on any atom is 0.307 e. The third-order valence-corrected chi connectivity index (χ3v) is 6.31. The van der Waals surface area contributed by atoms with E-state index in [1.54, 1.807) is 24.3 Å². The number of nitrogens with one attached hydrogen (secondary N) is 1. The van der Waals surface area contributed by atoms with Gasteiger partial charge in [0.05, 0.1) is 30.2 Å². The molecule has 2 rings (SSSR count). The van der Waals surface area contributed by atoms with Crippen molar-refractivity contribution in [2.45, 2.75) is 23.8 Å². The van der Waals surface area contributed by atoms with Crippen LogP contribution in [0.1, 0.15) is 24.4 Å². The average Bonchev–Trinajstić information content (AvgIpc) is 2.66. The molecule has 1 atom stereocenters. The predicted molar refractivity (Wildman–Crippen MR) is 107 cm³/mol. The fourth-order valence-electron chi connectivity index (χ4n) is 2.50. The Kier molecular flexibility index (Phi) is 7.86. The molecule has 0 aliphatic heterocycles. The van der Waals surface area contributed by atoms with Gasteiger partial charge in [-0.1, -0.05) is 41.4 Å². The zero-order chi connectivity index (χ0) is 20.7. The van der Waals surface area contributed by atoms with Gasteiger partial charge < -0.3 is 10.1 Å². The number of ether oxygens (including phenoxy) is 1. The van der Waals surface area contributed by atoms with Crippen LogP contribution in [0.5, 0.6) is 0 Å². The number of hydrogen-bond donors (Lipinski definition) is 1. The molecule has 0 spiro atoms. The second-order valence-electron chi connectivity index (χ2n) is 5.94. The van der Waals surface area contributed by atoms with E-state index < -0.39 is 27.8 Å². The third-order valence-electron chi connectivity index (χ3n) is 3.98. The molecule has 0 fully saturated rings. The van der Waals surface area contributed by atoms with Crippen LogP contribution in [0.25, 0.3) is 0 Å². The Hall–Kier alpha value is -2.09. The standard InChI is InChI=1S/C19H19Cl2NO5S/c1-27-19(24)12-17(15-4-2-3-5-16(15)21)22-18(23)10-11-28(25,26)14-8-6-13(20)7-9-14/h2-9,17H,10-12H2,1H3,(H,22,23). The molecule has 1 unspecified atom stereocenters. The van der Waals surface area contributed by atoms with Crippen molar-refractivity contribution in [3.63, 3.8) is 0 Å². The quantitative estimate of drug-likeness (QED) is 0.629. The van der Waals surface area contributed by atoms with Crippen molar-refractivity contribution in [3.8, 4) is 0 Å². The molecule has 2 aromatic carbocycles. The lowest BCUT2D eigenvalue weighted by Gasteiger charge is -2.19. The number of methoxy groups -OCH3 is 1. The molecule has 0 aliphatic carbocycles. The van der Waals surface area contributed by atoms with Crippen LogP contribution < -0.4 is 5.32 Å². The minimum atomic E-state index is -3.65. The first-order valence-electron chi connectivity index (χ1n) is 8.32. The van der Waals surface area contributed by atoms with Gasteiger partial charge in [-0.3, -0.25) is 9.59 Å². The monoisotopic (exact) mass is 443 g/mol. The Morgan fingerprint density at radius 1 is 1.07 bits per heavy atom. The van der Waals surface area contributed by atoms with Crippen molar-refractivity contribution in [1.29, 1.82) is 0 Å². The van der Waals surface area contributed by atoms with Gasteiger partial charge in [-0.15, -0.1) is 0 Å². The topological polar surface area (TPSA) is 89.5 Å². The molecule has 6 nitrogen and oxygen atoms in total. The average molecular weight is 444 g/mol. The lowest BCUT2D eigenvalue weighted by Crippen LogP contribution is -2.31. The van der Waals surface area contributed by atoms with Gasteiger partial charge in [0.25, 0.3) is 0 Å². The fourth-order valence-corrected chi connectivity index (χ4v) is 4.13. The van der Waals surface area contributed by atoms with Crippen molar-refractivity contribution in [2.75, 3.05) is 12.9 Å². The number of sulfone groups is 1. The van der Waals surface area contributed by atoms with Gasteiger partial charge >= 0.3 is 5.97 Å². The highest BCUT2D eigenvalue weighted by molar-refractivity contribution is 7.91. The van der Waals surface area contributed by atoms with E-state index >= 15 is 0 Å². The third kappa shape index (κ3) is 6.22. The van der Waals surface area contributed by atoms with Crippen LogP contribution in [0.2, 0.25) is 10.0 Å². The molecule has 0 saturated carbocycles. The van der Waals surface area contributed by atoms with E-state index in [0.717, 1.165) is 0 Å². The summed E-state index contributed by atoms with van der Waals surface area (Å²) < 4.78 is 29.4. The molecular weight excluding hydrogens is 425 g/mol. The Morgan fingerprint density at radius 2 is 1.71 bits per heavy atom. The smallest absolute Gasteiger partial charge is 0.307 e. The highest BCUT2D eigenvalue weighted by Crippen LogP contribution is 2.25. The van der Waals surface area contributed by atoms with Crippen molar-refractivity contribution >= 4 is 44.9 Å². The summed E-state index contributed by atoms with van der Waals surface area (Å²) in [5.74, 6) is -1.43. The maximum absolute atomic E-state index is 12.4. The number of carbonyl (C=O) groups is 2. The number of rotatable bonds is 8. The zero-order valence-corrected chi connectivity index (χ0v) is 17.4. The lowest BCUT2D eigenvalue weighted by molar-refractivity contribution is -0.141. The second-order valence-corrected chi connectivity index (χ2v) is 8.90. The van der Waals surface area contributed by atoms with E-state index in [2.05, 4.69) is 10.1 Å². The Morgan fingerprint density at radius 3 is 2.32 bits per heavy atom. The van der Waals surface area contributed by atoms with Crippen molar-refractivity contribution < 1.29 is 22.7 Å². The molecule has 0 heterocycles. The molecule has 0 bridgehead atoms. The minimum absolute atomic E-state index is 0.0851. The SMILES string of the molecule is COC(=O)CC(NC(=O)CCS(=O)(=O)c1ccc(Cl)cc1)c1ccccc1Cl. The van der Waals surface area contributed by atoms with E-state index in [-0.39, 0.29) is 23.5 Å². The van der Waals surface area contributed by atoms with Gasteiger partial charge in [-0.2, -0.15) is 0 Å². The summed E-state index contributed by atoms with van der Waals surface area (Å²) in [7, 11) is -2.40. The molecule has 0 saturated heterocycles. The summed E-state index contributed by atoms with van der Waals surface area (Å²) in [5, 5.41) is 3.46. The first kappa shape index (κ1) is 22.2. The fraction of sp³-hybridized carbons (Fsp3) is 0.263. The van der Waals surface area contributed by atoms with Gasteiger partial charge in [-0.25, -0.2) is 8.42 Å². The van der Waals surface area contributed by atoms with Crippen LogP contribution in [0.4, 0.5) is 0 Å². The molecule has 150 valence electrons. The highest BCUT2D eigenvalue weighted by atomic mass is 35.5. The van der Waals surface area contributed by atoms with E-state index in [1.165, 1.54) is 31.4 Å². The maximum atomic E-state index is 12.4. The Labute approximate surface area is 173 Å². The van der Waals surface area contributed by atoms with Gasteiger partial charge in [0.15, 0.2) is 9.84 Å². The van der Waals surface area contributed by atoms with Gasteiger partial charge in [0.2, 0.25) is 5.91 Å². The van der Waals surface area contributed by atoms with Crippen molar-refractivity contribution in [2.24, 2.45) is 0 Å². The van der Waals surface area contributed by atoms with Crippen LogP contribution in [0.3, 0.4) is 0 Å². The highest BCUT2D eigenvalue weighted by Gasteiger charge is 2.22. The minimum Gasteiger partial charge on any atom is -0.469 e. The number of halogens is 2. The molecular formula is C19H19Cl2NO5S. The van der Waals surface area contributed by atoms with E-state index in [0.29, 0.717) is 15.6 Å². The number of benzene rings is 2. The van der Waals surface area contributed by atoms with Crippen LogP contribution in [0.15, 0.2) is 53.4 Å². The van der Waals surface area contributed by atoms with Gasteiger partial charge in [-0.05, 0) is 35.9 Å². The summed E-state index contributed by atoms with van der Waals surface area (Å²) in [6, 6.07) is 11.8. The summed E-state index contributed by atoms with van der Waals surface area (Å²) >= 11 is 11.9. The zero-order valence-electron chi connectivity index (χ0n) is 15.0. The van der Waals surface area contributed by atoms with Gasteiger partial charge in [0, 0.05) is 16.5 Å². The van der Waals surface area contributed by atoms with E-state index in [9.17, 15) is 18.0 Å². The molecule has 1 N–H and O–H groups in total. The molecule has 1 amide bonds. The number of carbonyl (C=O) groups excluding carboxylic acids is 2. The second kappa shape index (κ2) is 9.91. The van der Waals surface area contributed by atoms with Crippen LogP contribution in [-0.4, -0.2) is 33.2 Å². The van der Waals surface area contributed by atoms with Crippen LogP contribution in [0, 0.1) is 0 Å². The van der Waals surface area contributed by atoms with Crippen molar-refractivity contribution in [3.05, 3.63) is 64.1 Å². The molecule has 9 heteroatoms. The normalized spacial score (nSPS) is 12.2. The van der Waals surface area contributed by atoms with Crippen LogP contribution >= 0.6 is 23.2 Å². The number of hydrogen-bond acceptors (Lipinski definition) is 5. The predicted octanol–water partition coefficient (Wildman–Crippen LogP) is 3.58. The lowest BCUT2D eigenvalue weighted by atomic mass is 10.0. The first-order valence-corrected chi connectivity index (χ1v) is 10.7. The number of amides is 1. The Balaban J connectivity index is 2.08. The van der Waals surface area contributed by atoms with Crippen molar-refractivity contribution in [1.82, 2.24) is 5.32 Å².